The summed E-state index contributed by atoms with van der Waals surface area (Å²) < 4.78 is 28.5. The van der Waals surface area contributed by atoms with E-state index in [1.807, 2.05) is 43.3 Å². The van der Waals surface area contributed by atoms with E-state index in [1.54, 1.807) is 12.1 Å². The maximum atomic E-state index is 12.9. The van der Waals surface area contributed by atoms with Crippen molar-refractivity contribution in [3.8, 4) is 0 Å². The lowest BCUT2D eigenvalue weighted by atomic mass is 10.2. The smallest absolute Gasteiger partial charge is 0.261 e. The second kappa shape index (κ2) is 8.40. The fraction of sp³-hybridized carbons (Fsp3) is 0.250. The summed E-state index contributed by atoms with van der Waals surface area (Å²) in [6, 6.07) is 23.1. The van der Waals surface area contributed by atoms with Crippen molar-refractivity contribution in [3.05, 3.63) is 83.9 Å². The van der Waals surface area contributed by atoms with Gasteiger partial charge in [0.05, 0.1) is 16.3 Å². The highest BCUT2D eigenvalue weighted by Gasteiger charge is 2.22. The van der Waals surface area contributed by atoms with Crippen molar-refractivity contribution >= 4 is 27.1 Å². The lowest BCUT2D eigenvalue weighted by Crippen LogP contribution is -2.46. The molecule has 0 aromatic heterocycles. The summed E-state index contributed by atoms with van der Waals surface area (Å²) in [6.45, 7) is 7.48. The predicted octanol–water partition coefficient (Wildman–Crippen LogP) is 4.43. The van der Waals surface area contributed by atoms with Gasteiger partial charge in [-0.05, 0) is 50.2 Å². The number of anilines is 3. The average Bonchev–Trinajstić information content (AvgIpc) is 2.75. The van der Waals surface area contributed by atoms with Crippen molar-refractivity contribution in [3.63, 3.8) is 0 Å². The first-order valence-electron chi connectivity index (χ1n) is 10.2. The summed E-state index contributed by atoms with van der Waals surface area (Å²) in [5.74, 6) is 0. The third-order valence-electron chi connectivity index (χ3n) is 5.50. The van der Waals surface area contributed by atoms with Crippen LogP contribution < -0.4 is 14.5 Å². The first-order chi connectivity index (χ1) is 14.4. The zero-order chi connectivity index (χ0) is 21.1. The molecule has 0 atom stereocenters. The number of sulfonamides is 1. The summed E-state index contributed by atoms with van der Waals surface area (Å²) in [4.78, 5) is 4.89. The predicted molar refractivity (Wildman–Crippen MR) is 124 cm³/mol. The quantitative estimate of drug-likeness (QED) is 0.662. The molecule has 0 bridgehead atoms. The van der Waals surface area contributed by atoms with E-state index in [0.29, 0.717) is 5.69 Å². The largest absolute Gasteiger partial charge is 0.368 e. The molecule has 1 fully saturated rings. The molecule has 30 heavy (non-hydrogen) atoms. The first-order valence-corrected chi connectivity index (χ1v) is 11.7. The maximum Gasteiger partial charge on any atom is 0.261 e. The van der Waals surface area contributed by atoms with Crippen LogP contribution in [0.2, 0.25) is 0 Å². The molecule has 1 N–H and O–H groups in total. The Morgan fingerprint density at radius 3 is 1.87 bits per heavy atom. The van der Waals surface area contributed by atoms with E-state index in [2.05, 4.69) is 45.7 Å². The minimum absolute atomic E-state index is 0.270. The number of nitrogens with zero attached hydrogens (tertiary/aromatic N) is 2. The van der Waals surface area contributed by atoms with Crippen molar-refractivity contribution in [2.75, 3.05) is 40.7 Å². The van der Waals surface area contributed by atoms with Crippen molar-refractivity contribution in [1.29, 1.82) is 0 Å². The van der Waals surface area contributed by atoms with Crippen LogP contribution in [0.5, 0.6) is 0 Å². The molecule has 5 nitrogen and oxygen atoms in total. The molecule has 1 aliphatic rings. The van der Waals surface area contributed by atoms with Gasteiger partial charge in [-0.2, -0.15) is 0 Å². The number of hydrogen-bond donors (Lipinski definition) is 1. The molecule has 1 heterocycles. The zero-order valence-corrected chi connectivity index (χ0v) is 18.2. The number of hydrogen-bond acceptors (Lipinski definition) is 4. The highest BCUT2D eigenvalue weighted by atomic mass is 32.2. The highest BCUT2D eigenvalue weighted by molar-refractivity contribution is 7.92. The van der Waals surface area contributed by atoms with Crippen LogP contribution in [-0.2, 0) is 10.0 Å². The van der Waals surface area contributed by atoms with E-state index in [4.69, 9.17) is 0 Å². The molecule has 1 aliphatic heterocycles. The summed E-state index contributed by atoms with van der Waals surface area (Å²) >= 11 is 0. The first kappa shape index (κ1) is 20.3. The number of benzene rings is 3. The average molecular weight is 422 g/mol. The third kappa shape index (κ3) is 4.44. The SMILES string of the molecule is Cc1ccc(N2CCN(c3ccccc3NS(=O)(=O)c3ccc(C)cc3)CC2)cc1. The molecule has 6 heteroatoms. The molecule has 0 aliphatic carbocycles. The summed E-state index contributed by atoms with van der Waals surface area (Å²) in [5.41, 5.74) is 5.04. The lowest BCUT2D eigenvalue weighted by Gasteiger charge is -2.38. The molecule has 3 aromatic carbocycles. The highest BCUT2D eigenvalue weighted by Crippen LogP contribution is 2.29. The molecule has 156 valence electrons. The van der Waals surface area contributed by atoms with Crippen LogP contribution in [0, 0.1) is 13.8 Å². The van der Waals surface area contributed by atoms with Gasteiger partial charge in [0.1, 0.15) is 0 Å². The topological polar surface area (TPSA) is 52.6 Å². The van der Waals surface area contributed by atoms with Crippen LogP contribution in [-0.4, -0.2) is 34.6 Å². The van der Waals surface area contributed by atoms with E-state index in [0.717, 1.165) is 37.4 Å². The summed E-state index contributed by atoms with van der Waals surface area (Å²) in [7, 11) is -3.64. The van der Waals surface area contributed by atoms with Gasteiger partial charge in [0.2, 0.25) is 0 Å². The fourth-order valence-corrected chi connectivity index (χ4v) is 4.79. The standard InChI is InChI=1S/C24H27N3O2S/c1-19-7-11-21(12-8-19)26-15-17-27(18-16-26)24-6-4-3-5-23(24)25-30(28,29)22-13-9-20(2)10-14-22/h3-14,25H,15-18H2,1-2H3. The molecule has 0 saturated carbocycles. The molecule has 0 radical (unpaired) electrons. The Balaban J connectivity index is 1.50. The second-order valence-electron chi connectivity index (χ2n) is 7.75. The third-order valence-corrected chi connectivity index (χ3v) is 6.88. The van der Waals surface area contributed by atoms with Crippen molar-refractivity contribution < 1.29 is 8.42 Å². The number of nitrogens with one attached hydrogen (secondary N) is 1. The van der Waals surface area contributed by atoms with Crippen LogP contribution >= 0.6 is 0 Å². The van der Waals surface area contributed by atoms with Gasteiger partial charge in [0, 0.05) is 31.9 Å². The number of rotatable bonds is 5. The molecular formula is C24H27N3O2S. The van der Waals surface area contributed by atoms with Crippen LogP contribution in [0.15, 0.2) is 77.7 Å². The maximum absolute atomic E-state index is 12.9. The number of aryl methyl sites for hydroxylation is 2. The van der Waals surface area contributed by atoms with Gasteiger partial charge in [-0.3, -0.25) is 4.72 Å². The van der Waals surface area contributed by atoms with E-state index in [9.17, 15) is 8.42 Å². The minimum atomic E-state index is -3.64. The van der Waals surface area contributed by atoms with Crippen LogP contribution in [0.4, 0.5) is 17.1 Å². The number of para-hydroxylation sites is 2. The lowest BCUT2D eigenvalue weighted by molar-refractivity contribution is 0.601. The molecule has 0 amide bonds. The Hall–Kier alpha value is -2.99. The van der Waals surface area contributed by atoms with E-state index in [-0.39, 0.29) is 4.90 Å². The Morgan fingerprint density at radius 2 is 1.23 bits per heavy atom. The van der Waals surface area contributed by atoms with Gasteiger partial charge in [0.15, 0.2) is 0 Å². The van der Waals surface area contributed by atoms with E-state index < -0.39 is 10.0 Å². The van der Waals surface area contributed by atoms with Gasteiger partial charge in [-0.1, -0.05) is 47.5 Å². The number of piperazine rings is 1. The Labute approximate surface area is 179 Å². The summed E-state index contributed by atoms with van der Waals surface area (Å²) in [6.07, 6.45) is 0. The molecule has 3 aromatic rings. The van der Waals surface area contributed by atoms with Gasteiger partial charge >= 0.3 is 0 Å². The molecule has 0 spiro atoms. The van der Waals surface area contributed by atoms with Crippen LogP contribution in [0.3, 0.4) is 0 Å². The van der Waals surface area contributed by atoms with Crippen LogP contribution in [0.1, 0.15) is 11.1 Å². The fourth-order valence-electron chi connectivity index (χ4n) is 3.72. The monoisotopic (exact) mass is 421 g/mol. The van der Waals surface area contributed by atoms with Gasteiger partial charge in [-0.25, -0.2) is 8.42 Å². The molecular weight excluding hydrogens is 394 g/mol. The Morgan fingerprint density at radius 1 is 0.700 bits per heavy atom. The molecule has 4 rings (SSSR count). The molecule has 0 unspecified atom stereocenters. The normalized spacial score (nSPS) is 14.6. The zero-order valence-electron chi connectivity index (χ0n) is 17.4. The Kier molecular flexibility index (Phi) is 5.68. The van der Waals surface area contributed by atoms with E-state index >= 15 is 0 Å². The van der Waals surface area contributed by atoms with Gasteiger partial charge < -0.3 is 9.80 Å². The van der Waals surface area contributed by atoms with Crippen molar-refractivity contribution in [1.82, 2.24) is 0 Å². The second-order valence-corrected chi connectivity index (χ2v) is 9.43. The summed E-state index contributed by atoms with van der Waals surface area (Å²) in [5, 5.41) is 0. The Bertz CT molecular complexity index is 1100. The van der Waals surface area contributed by atoms with Gasteiger partial charge in [-0.15, -0.1) is 0 Å². The minimum Gasteiger partial charge on any atom is -0.368 e. The van der Waals surface area contributed by atoms with Crippen molar-refractivity contribution in [2.45, 2.75) is 18.7 Å². The molecule has 1 saturated heterocycles. The van der Waals surface area contributed by atoms with Gasteiger partial charge in [0.25, 0.3) is 10.0 Å². The van der Waals surface area contributed by atoms with Crippen LogP contribution in [0.25, 0.3) is 0 Å². The van der Waals surface area contributed by atoms with Crippen molar-refractivity contribution in [2.24, 2.45) is 0 Å². The van der Waals surface area contributed by atoms with E-state index in [1.165, 1.54) is 11.3 Å².